The fourth-order valence-corrected chi connectivity index (χ4v) is 3.81. The molecule has 0 unspecified atom stereocenters. The van der Waals surface area contributed by atoms with E-state index in [9.17, 15) is 9.70 Å². The van der Waals surface area contributed by atoms with Crippen LogP contribution in [0.1, 0.15) is 41.4 Å². The Hall–Kier alpha value is -2.57. The first-order chi connectivity index (χ1) is 13.7. The Morgan fingerprint density at radius 1 is 1.07 bits per heavy atom. The molecule has 2 aromatic rings. The van der Waals surface area contributed by atoms with Gasteiger partial charge >= 0.3 is 0 Å². The molecule has 6 heteroatoms. The van der Waals surface area contributed by atoms with E-state index < -0.39 is 0 Å². The predicted octanol–water partition coefficient (Wildman–Crippen LogP) is 3.56. The summed E-state index contributed by atoms with van der Waals surface area (Å²) in [5.41, 5.74) is 3.30. The van der Waals surface area contributed by atoms with Gasteiger partial charge in [0.15, 0.2) is 0 Å². The van der Waals surface area contributed by atoms with Crippen LogP contribution in [-0.4, -0.2) is 55.0 Å². The van der Waals surface area contributed by atoms with E-state index in [1.165, 1.54) is 0 Å². The molecule has 0 radical (unpaired) electrons. The Kier molecular flexibility index (Phi) is 6.90. The highest BCUT2D eigenvalue weighted by atomic mass is 16.3. The van der Waals surface area contributed by atoms with Crippen LogP contribution in [0.5, 0.6) is 0 Å². The summed E-state index contributed by atoms with van der Waals surface area (Å²) in [4.78, 5) is 27.8. The van der Waals surface area contributed by atoms with Crippen molar-refractivity contribution in [2.75, 3.05) is 39.3 Å². The smallest absolute Gasteiger partial charge is 0.253 e. The molecule has 1 fully saturated rings. The number of carbonyl (C=O) groups is 1. The Balaban J connectivity index is 1.93. The number of rotatable bonds is 7. The highest BCUT2D eigenvalue weighted by molar-refractivity contribution is 5.94. The number of nitrogens with zero attached hydrogens (tertiary/aromatic N) is 3. The van der Waals surface area contributed by atoms with Crippen LogP contribution in [0.4, 0.5) is 5.69 Å². The van der Waals surface area contributed by atoms with E-state index in [4.69, 9.17) is 0 Å². The summed E-state index contributed by atoms with van der Waals surface area (Å²) in [6, 6.07) is 15.4. The minimum atomic E-state index is 0.0291. The van der Waals surface area contributed by atoms with Gasteiger partial charge in [-0.3, -0.25) is 9.69 Å². The molecule has 1 aliphatic heterocycles. The zero-order chi connectivity index (χ0) is 19.9. The quantitative estimate of drug-likeness (QED) is 0.746. The topological polar surface area (TPSA) is 65.0 Å². The third-order valence-corrected chi connectivity index (χ3v) is 5.33. The van der Waals surface area contributed by atoms with E-state index in [1.54, 1.807) is 6.07 Å². The molecule has 2 aromatic carbocycles. The molecule has 1 N–H and O–H groups in total. The standard InChI is InChI=1S/C22H28N4O2/c1-3-25(4-2)22(27)18-10-8-17(9-11-18)21(26-14-12-23-13-15-26)19-6-5-7-20(16-19)24-28/h5-11,16,21,23H,3-4,12-15H2,1-2H3/t21-/m0/s1. The van der Waals surface area contributed by atoms with Crippen molar-refractivity contribution in [1.82, 2.24) is 15.1 Å². The maximum atomic E-state index is 12.6. The van der Waals surface area contributed by atoms with Gasteiger partial charge in [0.25, 0.3) is 5.91 Å². The first kappa shape index (κ1) is 20.2. The molecule has 148 valence electrons. The zero-order valence-corrected chi connectivity index (χ0v) is 16.6. The fraction of sp³-hybridized carbons (Fsp3) is 0.409. The van der Waals surface area contributed by atoms with Crippen molar-refractivity contribution in [2.24, 2.45) is 5.18 Å². The van der Waals surface area contributed by atoms with Gasteiger partial charge in [0.1, 0.15) is 5.69 Å². The molecule has 6 nitrogen and oxygen atoms in total. The molecule has 0 bridgehead atoms. The van der Waals surface area contributed by atoms with Crippen LogP contribution in [0.15, 0.2) is 53.7 Å². The van der Waals surface area contributed by atoms with Crippen LogP contribution in [0, 0.1) is 4.91 Å². The molecule has 0 aromatic heterocycles. The maximum absolute atomic E-state index is 12.6. The minimum Gasteiger partial charge on any atom is -0.339 e. The van der Waals surface area contributed by atoms with Crippen molar-refractivity contribution in [2.45, 2.75) is 19.9 Å². The van der Waals surface area contributed by atoms with Gasteiger partial charge in [-0.2, -0.15) is 0 Å². The van der Waals surface area contributed by atoms with E-state index in [2.05, 4.69) is 15.4 Å². The largest absolute Gasteiger partial charge is 0.339 e. The lowest BCUT2D eigenvalue weighted by Gasteiger charge is -2.35. The lowest BCUT2D eigenvalue weighted by molar-refractivity contribution is 0.0773. The van der Waals surface area contributed by atoms with Crippen molar-refractivity contribution >= 4 is 11.6 Å². The van der Waals surface area contributed by atoms with Crippen LogP contribution >= 0.6 is 0 Å². The van der Waals surface area contributed by atoms with Crippen molar-refractivity contribution in [3.63, 3.8) is 0 Å². The van der Waals surface area contributed by atoms with Crippen LogP contribution in [0.2, 0.25) is 0 Å². The number of carbonyl (C=O) groups excluding carboxylic acids is 1. The summed E-state index contributed by atoms with van der Waals surface area (Å²) in [5, 5.41) is 6.48. The summed E-state index contributed by atoms with van der Waals surface area (Å²) in [5.74, 6) is 0.0578. The predicted molar refractivity (Wildman–Crippen MR) is 112 cm³/mol. The van der Waals surface area contributed by atoms with Crippen molar-refractivity contribution in [3.8, 4) is 0 Å². The zero-order valence-electron chi connectivity index (χ0n) is 16.6. The SMILES string of the molecule is CCN(CC)C(=O)c1ccc([C@@H](c2cccc(N=O)c2)N2CCNCC2)cc1. The lowest BCUT2D eigenvalue weighted by atomic mass is 9.95. The lowest BCUT2D eigenvalue weighted by Crippen LogP contribution is -2.45. The molecular formula is C22H28N4O2. The third-order valence-electron chi connectivity index (χ3n) is 5.33. The van der Waals surface area contributed by atoms with Gasteiger partial charge in [-0.05, 0) is 54.4 Å². The van der Waals surface area contributed by atoms with Gasteiger partial charge in [-0.25, -0.2) is 0 Å². The van der Waals surface area contributed by atoms with Gasteiger partial charge in [0, 0.05) is 44.8 Å². The Morgan fingerprint density at radius 2 is 1.75 bits per heavy atom. The molecule has 28 heavy (non-hydrogen) atoms. The second-order valence-electron chi connectivity index (χ2n) is 6.97. The van der Waals surface area contributed by atoms with Crippen LogP contribution < -0.4 is 5.32 Å². The molecule has 0 saturated carbocycles. The van der Waals surface area contributed by atoms with E-state index >= 15 is 0 Å². The maximum Gasteiger partial charge on any atom is 0.253 e. The molecule has 1 atom stereocenters. The van der Waals surface area contributed by atoms with Gasteiger partial charge in [0.2, 0.25) is 0 Å². The first-order valence-electron chi connectivity index (χ1n) is 9.95. The van der Waals surface area contributed by atoms with Crippen molar-refractivity contribution in [1.29, 1.82) is 0 Å². The number of benzene rings is 2. The third kappa shape index (κ3) is 4.46. The van der Waals surface area contributed by atoms with Gasteiger partial charge in [0.05, 0.1) is 6.04 Å². The minimum absolute atomic E-state index is 0.0291. The number of nitroso groups, excluding NO2 is 1. The van der Waals surface area contributed by atoms with Crippen LogP contribution in [0.3, 0.4) is 0 Å². The van der Waals surface area contributed by atoms with Crippen LogP contribution in [0.25, 0.3) is 0 Å². The highest BCUT2D eigenvalue weighted by Crippen LogP contribution is 2.31. The summed E-state index contributed by atoms with van der Waals surface area (Å²) in [6.45, 7) is 9.08. The number of amides is 1. The average molecular weight is 380 g/mol. The average Bonchev–Trinajstić information content (AvgIpc) is 2.76. The van der Waals surface area contributed by atoms with E-state index in [0.29, 0.717) is 24.3 Å². The second kappa shape index (κ2) is 9.57. The molecule has 3 rings (SSSR count). The summed E-state index contributed by atoms with van der Waals surface area (Å²) in [6.07, 6.45) is 0. The normalized spacial score (nSPS) is 15.8. The van der Waals surface area contributed by atoms with E-state index in [1.807, 2.05) is 61.2 Å². The number of hydrogen-bond donors (Lipinski definition) is 1. The van der Waals surface area contributed by atoms with Crippen molar-refractivity contribution in [3.05, 3.63) is 70.1 Å². The molecule has 1 saturated heterocycles. The number of nitrogens with one attached hydrogen (secondary N) is 1. The van der Waals surface area contributed by atoms with Gasteiger partial charge < -0.3 is 10.2 Å². The van der Waals surface area contributed by atoms with Gasteiger partial charge in [-0.15, -0.1) is 4.91 Å². The monoisotopic (exact) mass is 380 g/mol. The second-order valence-corrected chi connectivity index (χ2v) is 6.97. The first-order valence-corrected chi connectivity index (χ1v) is 9.95. The van der Waals surface area contributed by atoms with E-state index in [-0.39, 0.29) is 11.9 Å². The fourth-order valence-electron chi connectivity index (χ4n) is 3.81. The summed E-state index contributed by atoms with van der Waals surface area (Å²) >= 11 is 0. The number of hydrogen-bond acceptors (Lipinski definition) is 5. The number of piperazine rings is 1. The Labute approximate surface area is 166 Å². The molecule has 0 aliphatic carbocycles. The van der Waals surface area contributed by atoms with Crippen LogP contribution in [-0.2, 0) is 0 Å². The Bertz CT molecular complexity index is 796. The Morgan fingerprint density at radius 3 is 2.36 bits per heavy atom. The molecule has 1 aliphatic rings. The van der Waals surface area contributed by atoms with E-state index in [0.717, 1.165) is 37.3 Å². The van der Waals surface area contributed by atoms with Crippen molar-refractivity contribution < 1.29 is 4.79 Å². The molecule has 1 amide bonds. The summed E-state index contributed by atoms with van der Waals surface area (Å²) < 4.78 is 0. The molecule has 1 heterocycles. The molecular weight excluding hydrogens is 352 g/mol. The summed E-state index contributed by atoms with van der Waals surface area (Å²) in [7, 11) is 0. The van der Waals surface area contributed by atoms with Gasteiger partial charge in [-0.1, -0.05) is 24.3 Å². The highest BCUT2D eigenvalue weighted by Gasteiger charge is 2.24. The molecule has 0 spiro atoms.